The van der Waals surface area contributed by atoms with E-state index in [-0.39, 0.29) is 11.9 Å². The van der Waals surface area contributed by atoms with E-state index >= 15 is 0 Å². The first-order chi connectivity index (χ1) is 7.46. The fraction of sp³-hybridized carbons (Fsp3) is 0.667. The number of hydrogen-bond acceptors (Lipinski definition) is 5. The molecule has 1 aliphatic rings. The van der Waals surface area contributed by atoms with E-state index in [1.807, 2.05) is 13.8 Å². The van der Waals surface area contributed by atoms with Crippen molar-refractivity contribution in [3.63, 3.8) is 0 Å². The number of aromatic nitrogens is 2. The van der Waals surface area contributed by atoms with Crippen LogP contribution in [0.5, 0.6) is 0 Å². The van der Waals surface area contributed by atoms with Crippen LogP contribution in [0, 0.1) is 10.1 Å². The zero-order chi connectivity index (χ0) is 11.8. The number of ether oxygens (including phenoxy) is 2. The Morgan fingerprint density at radius 3 is 3.00 bits per heavy atom. The molecule has 0 radical (unpaired) electrons. The monoisotopic (exact) mass is 227 g/mol. The van der Waals surface area contributed by atoms with E-state index in [9.17, 15) is 10.1 Å². The Bertz CT molecular complexity index is 401. The lowest BCUT2D eigenvalue weighted by Crippen LogP contribution is -2.24. The molecule has 2 rings (SSSR count). The van der Waals surface area contributed by atoms with Crippen molar-refractivity contribution in [2.75, 3.05) is 6.61 Å². The highest BCUT2D eigenvalue weighted by Gasteiger charge is 2.33. The predicted octanol–water partition coefficient (Wildman–Crippen LogP) is 0.943. The van der Waals surface area contributed by atoms with Gasteiger partial charge in [-0.15, -0.1) is 0 Å². The van der Waals surface area contributed by atoms with Crippen LogP contribution >= 0.6 is 0 Å². The third-order valence-electron chi connectivity index (χ3n) is 2.27. The Kier molecular flexibility index (Phi) is 2.64. The fourth-order valence-corrected chi connectivity index (χ4v) is 1.61. The standard InChI is InChI=1S/C9H13N3O4/c1-9(2)15-6-7(16-9)5-11-4-3-8(10-11)12(13)14/h3-4,7H,5-6H2,1-2H3/t7-/m0/s1. The van der Waals surface area contributed by atoms with Crippen LogP contribution in [0.25, 0.3) is 0 Å². The zero-order valence-corrected chi connectivity index (χ0v) is 9.12. The lowest BCUT2D eigenvalue weighted by molar-refractivity contribution is -0.389. The quantitative estimate of drug-likeness (QED) is 0.567. The maximum Gasteiger partial charge on any atom is 0.389 e. The Hall–Kier alpha value is -1.47. The van der Waals surface area contributed by atoms with Gasteiger partial charge in [-0.25, -0.2) is 0 Å². The molecule has 1 aromatic heterocycles. The van der Waals surface area contributed by atoms with E-state index in [4.69, 9.17) is 9.47 Å². The summed E-state index contributed by atoms with van der Waals surface area (Å²) in [6.45, 7) is 4.59. The Balaban J connectivity index is 1.97. The summed E-state index contributed by atoms with van der Waals surface area (Å²) >= 11 is 0. The third kappa shape index (κ3) is 2.37. The van der Waals surface area contributed by atoms with E-state index in [0.717, 1.165) is 0 Å². The molecular formula is C9H13N3O4. The van der Waals surface area contributed by atoms with Gasteiger partial charge in [0.2, 0.25) is 0 Å². The maximum atomic E-state index is 10.4. The first-order valence-electron chi connectivity index (χ1n) is 4.96. The highest BCUT2D eigenvalue weighted by atomic mass is 16.7. The average Bonchev–Trinajstić information content (AvgIpc) is 2.73. The van der Waals surface area contributed by atoms with Crippen LogP contribution in [0.2, 0.25) is 0 Å². The molecule has 1 aromatic rings. The summed E-state index contributed by atoms with van der Waals surface area (Å²) in [6, 6.07) is 1.36. The van der Waals surface area contributed by atoms with Gasteiger partial charge in [-0.2, -0.15) is 4.68 Å². The van der Waals surface area contributed by atoms with E-state index in [1.165, 1.54) is 10.7 Å². The lowest BCUT2D eigenvalue weighted by Gasteiger charge is -2.16. The summed E-state index contributed by atoms with van der Waals surface area (Å²) in [5, 5.41) is 14.2. The largest absolute Gasteiger partial charge is 0.389 e. The Labute approximate surface area is 92.1 Å². The second kappa shape index (κ2) is 3.84. The van der Waals surface area contributed by atoms with Gasteiger partial charge in [0.15, 0.2) is 5.79 Å². The van der Waals surface area contributed by atoms with Gasteiger partial charge >= 0.3 is 5.82 Å². The Morgan fingerprint density at radius 2 is 2.50 bits per heavy atom. The SMILES string of the molecule is CC1(C)OC[C@H](Cn2ccc([N+](=O)[O-])n2)O1. The van der Waals surface area contributed by atoms with Gasteiger partial charge in [-0.1, -0.05) is 0 Å². The molecule has 1 atom stereocenters. The van der Waals surface area contributed by atoms with Crippen LogP contribution in [-0.4, -0.2) is 33.2 Å². The molecular weight excluding hydrogens is 214 g/mol. The molecule has 0 aromatic carbocycles. The van der Waals surface area contributed by atoms with Crippen LogP contribution < -0.4 is 0 Å². The number of hydrogen-bond donors (Lipinski definition) is 0. The molecule has 0 unspecified atom stereocenters. The van der Waals surface area contributed by atoms with E-state index < -0.39 is 10.7 Å². The molecule has 1 aliphatic heterocycles. The molecule has 0 spiro atoms. The normalized spacial score (nSPS) is 23.5. The van der Waals surface area contributed by atoms with Gasteiger partial charge in [-0.3, -0.25) is 0 Å². The van der Waals surface area contributed by atoms with Crippen molar-refractivity contribution >= 4 is 5.82 Å². The van der Waals surface area contributed by atoms with Crippen molar-refractivity contribution in [2.45, 2.75) is 32.3 Å². The number of nitrogens with zero attached hydrogens (tertiary/aromatic N) is 3. The summed E-state index contributed by atoms with van der Waals surface area (Å²) in [4.78, 5) is 9.91. The molecule has 0 aliphatic carbocycles. The third-order valence-corrected chi connectivity index (χ3v) is 2.27. The van der Waals surface area contributed by atoms with Crippen LogP contribution in [0.3, 0.4) is 0 Å². The molecule has 88 valence electrons. The van der Waals surface area contributed by atoms with Crippen LogP contribution in [0.15, 0.2) is 12.3 Å². The van der Waals surface area contributed by atoms with E-state index in [0.29, 0.717) is 13.2 Å². The van der Waals surface area contributed by atoms with Crippen LogP contribution in [-0.2, 0) is 16.0 Å². The van der Waals surface area contributed by atoms with Crippen molar-refractivity contribution in [2.24, 2.45) is 0 Å². The molecule has 1 saturated heterocycles. The average molecular weight is 227 g/mol. The van der Waals surface area contributed by atoms with Crippen LogP contribution in [0.1, 0.15) is 13.8 Å². The second-order valence-corrected chi connectivity index (χ2v) is 4.10. The van der Waals surface area contributed by atoms with Crippen molar-refractivity contribution in [1.82, 2.24) is 9.78 Å². The molecule has 0 saturated carbocycles. The Morgan fingerprint density at radius 1 is 1.75 bits per heavy atom. The van der Waals surface area contributed by atoms with Gasteiger partial charge < -0.3 is 19.6 Å². The smallest absolute Gasteiger partial charge is 0.358 e. The van der Waals surface area contributed by atoms with Gasteiger partial charge in [0, 0.05) is 0 Å². The zero-order valence-electron chi connectivity index (χ0n) is 9.12. The minimum absolute atomic E-state index is 0.116. The minimum atomic E-state index is -0.580. The summed E-state index contributed by atoms with van der Waals surface area (Å²) in [6.07, 6.45) is 1.45. The molecule has 7 heteroatoms. The van der Waals surface area contributed by atoms with Crippen molar-refractivity contribution in [1.29, 1.82) is 0 Å². The molecule has 1 fully saturated rings. The predicted molar refractivity (Wildman–Crippen MR) is 53.8 cm³/mol. The maximum absolute atomic E-state index is 10.4. The van der Waals surface area contributed by atoms with Gasteiger partial charge in [0.25, 0.3) is 0 Å². The van der Waals surface area contributed by atoms with Crippen LogP contribution in [0.4, 0.5) is 5.82 Å². The van der Waals surface area contributed by atoms with Crippen molar-refractivity contribution in [3.8, 4) is 0 Å². The topological polar surface area (TPSA) is 79.4 Å². The van der Waals surface area contributed by atoms with Gasteiger partial charge in [0.1, 0.15) is 6.10 Å². The first-order valence-corrected chi connectivity index (χ1v) is 4.96. The number of rotatable bonds is 3. The number of nitro groups is 1. The summed E-state index contributed by atoms with van der Waals surface area (Å²) < 4.78 is 12.4. The summed E-state index contributed by atoms with van der Waals surface area (Å²) in [5.74, 6) is -0.734. The molecule has 0 amide bonds. The highest BCUT2D eigenvalue weighted by molar-refractivity contribution is 5.14. The van der Waals surface area contributed by atoms with E-state index in [1.54, 1.807) is 6.20 Å². The van der Waals surface area contributed by atoms with Gasteiger partial charge in [0.05, 0.1) is 30.5 Å². The first kappa shape index (κ1) is 11.0. The fourth-order valence-electron chi connectivity index (χ4n) is 1.61. The molecule has 16 heavy (non-hydrogen) atoms. The van der Waals surface area contributed by atoms with Crippen molar-refractivity contribution < 1.29 is 14.4 Å². The molecule has 0 N–H and O–H groups in total. The van der Waals surface area contributed by atoms with E-state index in [2.05, 4.69) is 5.10 Å². The minimum Gasteiger partial charge on any atom is -0.358 e. The molecule has 7 nitrogen and oxygen atoms in total. The lowest BCUT2D eigenvalue weighted by atomic mass is 10.4. The van der Waals surface area contributed by atoms with Crippen molar-refractivity contribution in [3.05, 3.63) is 22.4 Å². The van der Waals surface area contributed by atoms with Gasteiger partial charge in [-0.05, 0) is 18.8 Å². The molecule has 0 bridgehead atoms. The second-order valence-electron chi connectivity index (χ2n) is 4.10. The summed E-state index contributed by atoms with van der Waals surface area (Å²) in [5.41, 5.74) is 0. The highest BCUT2D eigenvalue weighted by Crippen LogP contribution is 2.23. The molecule has 2 heterocycles. The summed E-state index contributed by atoms with van der Waals surface area (Å²) in [7, 11) is 0.